The van der Waals surface area contributed by atoms with Crippen LogP contribution in [0.3, 0.4) is 0 Å². The summed E-state index contributed by atoms with van der Waals surface area (Å²) in [4.78, 5) is 19.0. The van der Waals surface area contributed by atoms with Crippen molar-refractivity contribution in [1.29, 1.82) is 0 Å². The van der Waals surface area contributed by atoms with E-state index >= 15 is 0 Å². The molecule has 0 heterocycles. The molecule has 0 aliphatic rings. The second-order valence-electron chi connectivity index (χ2n) is 7.58. The van der Waals surface area contributed by atoms with Crippen LogP contribution in [0.5, 0.6) is 0 Å². The van der Waals surface area contributed by atoms with Crippen LogP contribution in [0.15, 0.2) is 48.5 Å². The Bertz CT molecular complexity index is 720. The van der Waals surface area contributed by atoms with Gasteiger partial charge in [0.15, 0.2) is 0 Å². The maximum Gasteiger partial charge on any atom is 0.253 e. The number of hydrogen-bond acceptors (Lipinski definition) is 3. The third kappa shape index (κ3) is 5.83. The number of nitrogens with zero attached hydrogens (tertiary/aromatic N) is 3. The molecule has 2 aromatic carbocycles. The van der Waals surface area contributed by atoms with Gasteiger partial charge in [-0.25, -0.2) is 0 Å². The van der Waals surface area contributed by atoms with Crippen molar-refractivity contribution >= 4 is 11.6 Å². The number of amides is 1. The average Bonchev–Trinajstić information content (AvgIpc) is 2.66. The lowest BCUT2D eigenvalue weighted by molar-refractivity contribution is 0.0785. The molecule has 146 valence electrons. The van der Waals surface area contributed by atoms with Gasteiger partial charge in [0.1, 0.15) is 0 Å². The van der Waals surface area contributed by atoms with Crippen molar-refractivity contribution in [3.8, 4) is 0 Å². The minimum atomic E-state index is 0.0504. The molecule has 0 fully saturated rings. The Labute approximate surface area is 164 Å². The van der Waals surface area contributed by atoms with Gasteiger partial charge in [-0.2, -0.15) is 0 Å². The van der Waals surface area contributed by atoms with Gasteiger partial charge < -0.3 is 9.80 Å². The molecule has 0 saturated heterocycles. The molecule has 0 radical (unpaired) electrons. The molecule has 0 aliphatic carbocycles. The van der Waals surface area contributed by atoms with E-state index < -0.39 is 0 Å². The zero-order chi connectivity index (χ0) is 20.0. The van der Waals surface area contributed by atoms with Crippen LogP contribution in [-0.2, 0) is 13.1 Å². The molecule has 0 spiro atoms. The summed E-state index contributed by atoms with van der Waals surface area (Å²) in [7, 11) is 5.90. The number of rotatable bonds is 8. The van der Waals surface area contributed by atoms with Crippen molar-refractivity contribution in [2.45, 2.75) is 39.9 Å². The van der Waals surface area contributed by atoms with Crippen LogP contribution >= 0.6 is 0 Å². The van der Waals surface area contributed by atoms with Crippen LogP contribution in [0.25, 0.3) is 0 Å². The maximum atomic E-state index is 12.7. The van der Waals surface area contributed by atoms with Crippen LogP contribution < -0.4 is 4.90 Å². The van der Waals surface area contributed by atoms with E-state index in [0.29, 0.717) is 12.6 Å². The summed E-state index contributed by atoms with van der Waals surface area (Å²) >= 11 is 0. The predicted octanol–water partition coefficient (Wildman–Crippen LogP) is 4.26. The fourth-order valence-electron chi connectivity index (χ4n) is 3.11. The van der Waals surface area contributed by atoms with Crippen LogP contribution in [-0.4, -0.2) is 49.4 Å². The highest BCUT2D eigenvalue weighted by Crippen LogP contribution is 2.15. The molecule has 0 aliphatic heterocycles. The van der Waals surface area contributed by atoms with E-state index in [1.165, 1.54) is 5.56 Å². The monoisotopic (exact) mass is 367 g/mol. The van der Waals surface area contributed by atoms with Gasteiger partial charge in [-0.05, 0) is 55.8 Å². The zero-order valence-electron chi connectivity index (χ0n) is 17.6. The number of carbonyl (C=O) groups is 1. The first-order valence-electron chi connectivity index (χ1n) is 9.66. The fraction of sp³-hybridized carbons (Fsp3) is 0.435. The topological polar surface area (TPSA) is 26.8 Å². The minimum absolute atomic E-state index is 0.0504. The average molecular weight is 368 g/mol. The Morgan fingerprint density at radius 2 is 1.37 bits per heavy atom. The Balaban J connectivity index is 1.99. The first kappa shape index (κ1) is 21.0. The third-order valence-electron chi connectivity index (χ3n) is 4.94. The Morgan fingerprint density at radius 3 is 1.85 bits per heavy atom. The molecule has 0 aromatic heterocycles. The molecule has 1 amide bonds. The van der Waals surface area contributed by atoms with E-state index in [2.05, 4.69) is 67.0 Å². The van der Waals surface area contributed by atoms with Crippen LogP contribution in [0.1, 0.15) is 42.3 Å². The van der Waals surface area contributed by atoms with Crippen molar-refractivity contribution < 1.29 is 4.79 Å². The molecule has 27 heavy (non-hydrogen) atoms. The number of anilines is 1. The minimum Gasteiger partial charge on any atom is -0.378 e. The molecular weight excluding hydrogens is 334 g/mol. The predicted molar refractivity (Wildman–Crippen MR) is 114 cm³/mol. The van der Waals surface area contributed by atoms with Crippen LogP contribution in [0, 0.1) is 0 Å². The number of carbonyl (C=O) groups excluding carboxylic acids is 1. The summed E-state index contributed by atoms with van der Waals surface area (Å²) in [6.45, 7) is 9.14. The molecule has 0 atom stereocenters. The van der Waals surface area contributed by atoms with E-state index in [1.807, 2.05) is 33.3 Å². The van der Waals surface area contributed by atoms with E-state index in [-0.39, 0.29) is 5.91 Å². The lowest BCUT2D eigenvalue weighted by Crippen LogP contribution is -2.30. The highest BCUT2D eigenvalue weighted by Gasteiger charge is 2.13. The normalized spacial score (nSPS) is 11.1. The van der Waals surface area contributed by atoms with Crippen LogP contribution in [0.4, 0.5) is 5.69 Å². The lowest BCUT2D eigenvalue weighted by atomic mass is 10.1. The largest absolute Gasteiger partial charge is 0.378 e. The third-order valence-corrected chi connectivity index (χ3v) is 4.94. The second kappa shape index (κ2) is 9.56. The van der Waals surface area contributed by atoms with Crippen molar-refractivity contribution in [2.75, 3.05) is 32.6 Å². The maximum absolute atomic E-state index is 12.7. The molecule has 0 bridgehead atoms. The van der Waals surface area contributed by atoms with Gasteiger partial charge >= 0.3 is 0 Å². The first-order valence-corrected chi connectivity index (χ1v) is 9.66. The van der Waals surface area contributed by atoms with E-state index in [1.54, 1.807) is 4.90 Å². The van der Waals surface area contributed by atoms with E-state index in [4.69, 9.17) is 0 Å². The molecule has 4 nitrogen and oxygen atoms in total. The summed E-state index contributed by atoms with van der Waals surface area (Å²) in [6, 6.07) is 16.8. The van der Waals surface area contributed by atoms with Gasteiger partial charge in [-0.3, -0.25) is 9.69 Å². The lowest BCUT2D eigenvalue weighted by Gasteiger charge is -2.25. The molecule has 0 saturated carbocycles. The summed E-state index contributed by atoms with van der Waals surface area (Å²) < 4.78 is 0. The van der Waals surface area contributed by atoms with Crippen molar-refractivity contribution in [3.05, 3.63) is 65.2 Å². The summed E-state index contributed by atoms with van der Waals surface area (Å²) in [6.07, 6.45) is 0. The first-order chi connectivity index (χ1) is 12.8. The number of benzene rings is 2. The van der Waals surface area contributed by atoms with E-state index in [0.717, 1.165) is 29.9 Å². The van der Waals surface area contributed by atoms with Gasteiger partial charge in [0, 0.05) is 51.5 Å². The quantitative estimate of drug-likeness (QED) is 0.698. The molecular formula is C23H33N3O. The van der Waals surface area contributed by atoms with Crippen molar-refractivity contribution in [2.24, 2.45) is 0 Å². The smallest absolute Gasteiger partial charge is 0.253 e. The van der Waals surface area contributed by atoms with Crippen LogP contribution in [0.2, 0.25) is 0 Å². The summed E-state index contributed by atoms with van der Waals surface area (Å²) in [5, 5.41) is 0. The fourth-order valence-corrected chi connectivity index (χ4v) is 3.11. The van der Waals surface area contributed by atoms with Gasteiger partial charge in [0.25, 0.3) is 5.91 Å². The van der Waals surface area contributed by atoms with Crippen molar-refractivity contribution in [1.82, 2.24) is 9.80 Å². The van der Waals surface area contributed by atoms with Gasteiger partial charge in [-0.15, -0.1) is 0 Å². The molecule has 2 rings (SSSR count). The highest BCUT2D eigenvalue weighted by atomic mass is 16.2. The Kier molecular flexibility index (Phi) is 7.43. The second-order valence-corrected chi connectivity index (χ2v) is 7.58. The van der Waals surface area contributed by atoms with Gasteiger partial charge in [-0.1, -0.05) is 31.2 Å². The zero-order valence-corrected chi connectivity index (χ0v) is 17.6. The molecule has 4 heteroatoms. The summed E-state index contributed by atoms with van der Waals surface area (Å²) in [5.41, 5.74) is 4.26. The standard InChI is InChI=1S/C23H33N3O/c1-7-26(18(2)3)17-20-8-12-21(13-9-20)23(27)25(6)16-19-10-14-22(15-11-19)24(4)5/h8-15,18H,7,16-17H2,1-6H3. The molecule has 0 unspecified atom stereocenters. The summed E-state index contributed by atoms with van der Waals surface area (Å²) in [5.74, 6) is 0.0504. The van der Waals surface area contributed by atoms with Gasteiger partial charge in [0.05, 0.1) is 0 Å². The SMILES string of the molecule is CCN(Cc1ccc(C(=O)N(C)Cc2ccc(N(C)C)cc2)cc1)C(C)C. The van der Waals surface area contributed by atoms with Crippen molar-refractivity contribution in [3.63, 3.8) is 0 Å². The van der Waals surface area contributed by atoms with Gasteiger partial charge in [0.2, 0.25) is 0 Å². The van der Waals surface area contributed by atoms with E-state index in [9.17, 15) is 4.79 Å². The Hall–Kier alpha value is -2.33. The molecule has 2 aromatic rings. The highest BCUT2D eigenvalue weighted by molar-refractivity contribution is 5.94. The molecule has 0 N–H and O–H groups in total. The number of hydrogen-bond donors (Lipinski definition) is 0. The Morgan fingerprint density at radius 1 is 0.852 bits per heavy atom.